The van der Waals surface area contributed by atoms with Gasteiger partial charge in [-0.15, -0.1) is 10.2 Å². The number of amides is 1. The van der Waals surface area contributed by atoms with Gasteiger partial charge >= 0.3 is 0 Å². The van der Waals surface area contributed by atoms with E-state index in [4.69, 9.17) is 21.1 Å². The summed E-state index contributed by atoms with van der Waals surface area (Å²) in [6, 6.07) is 12.6. The van der Waals surface area contributed by atoms with Crippen LogP contribution in [0.15, 0.2) is 46.3 Å². The average Bonchev–Trinajstić information content (AvgIpc) is 3.26. The number of benzene rings is 2. The molecular weight excluding hydrogens is 512 g/mol. The van der Waals surface area contributed by atoms with E-state index in [0.717, 1.165) is 23.1 Å². The first kappa shape index (κ1) is 26.2. The van der Waals surface area contributed by atoms with E-state index in [-0.39, 0.29) is 21.7 Å². The van der Waals surface area contributed by atoms with Crippen molar-refractivity contribution in [1.29, 1.82) is 5.26 Å². The summed E-state index contributed by atoms with van der Waals surface area (Å²) >= 11 is 6.99. The molecule has 12 heteroatoms. The van der Waals surface area contributed by atoms with Crippen LogP contribution in [-0.4, -0.2) is 44.0 Å². The highest BCUT2D eigenvalue weighted by Crippen LogP contribution is 2.27. The predicted molar refractivity (Wildman–Crippen MR) is 134 cm³/mol. The van der Waals surface area contributed by atoms with Gasteiger partial charge < -0.3 is 9.47 Å². The van der Waals surface area contributed by atoms with Crippen molar-refractivity contribution in [2.45, 2.75) is 18.2 Å². The van der Waals surface area contributed by atoms with Crippen molar-refractivity contribution in [2.24, 2.45) is 0 Å². The number of aryl methyl sites for hydroxylation is 2. The molecule has 182 valence electrons. The number of nitrogens with one attached hydrogen (secondary N) is 1. The van der Waals surface area contributed by atoms with Gasteiger partial charge in [-0.1, -0.05) is 46.7 Å². The van der Waals surface area contributed by atoms with Crippen LogP contribution in [0.3, 0.4) is 0 Å². The molecule has 9 nitrogen and oxygen atoms in total. The van der Waals surface area contributed by atoms with E-state index >= 15 is 0 Å². The summed E-state index contributed by atoms with van der Waals surface area (Å²) in [4.78, 5) is 12.4. The van der Waals surface area contributed by atoms with Crippen LogP contribution in [0, 0.1) is 25.2 Å². The second kappa shape index (κ2) is 11.3. The molecule has 3 rings (SSSR count). The number of hydrogen-bond acceptors (Lipinski definition) is 9. The van der Waals surface area contributed by atoms with Gasteiger partial charge in [-0.25, -0.2) is 8.42 Å². The van der Waals surface area contributed by atoms with Gasteiger partial charge in [0.25, 0.3) is 5.91 Å². The monoisotopic (exact) mass is 532 g/mol. The van der Waals surface area contributed by atoms with Gasteiger partial charge in [-0.2, -0.15) is 5.26 Å². The van der Waals surface area contributed by atoms with Crippen LogP contribution in [0.2, 0.25) is 5.02 Å². The molecule has 1 aromatic heterocycles. The number of anilines is 1. The molecule has 3 aromatic rings. The van der Waals surface area contributed by atoms with Gasteiger partial charge in [0.2, 0.25) is 19.3 Å². The maximum absolute atomic E-state index is 12.4. The molecule has 0 saturated heterocycles. The van der Waals surface area contributed by atoms with Crippen LogP contribution in [0.5, 0.6) is 11.5 Å². The van der Waals surface area contributed by atoms with Gasteiger partial charge in [0.15, 0.2) is 0 Å². The topological polar surface area (TPSA) is 131 Å². The number of carbonyl (C=O) groups is 1. The lowest BCUT2D eigenvalue weighted by atomic mass is 10.1. The van der Waals surface area contributed by atoms with Crippen molar-refractivity contribution in [3.05, 3.63) is 63.7 Å². The Morgan fingerprint density at radius 3 is 2.43 bits per heavy atom. The lowest BCUT2D eigenvalue weighted by molar-refractivity contribution is -0.112. The molecule has 0 aliphatic heterocycles. The molecule has 1 N–H and O–H groups in total. The zero-order valence-electron chi connectivity index (χ0n) is 19.0. The van der Waals surface area contributed by atoms with Crippen molar-refractivity contribution >= 4 is 49.9 Å². The predicted octanol–water partition coefficient (Wildman–Crippen LogP) is 4.22. The highest BCUT2D eigenvalue weighted by molar-refractivity contribution is 7.92. The number of sulfone groups is 1. The first-order valence-corrected chi connectivity index (χ1v) is 13.2. The first-order chi connectivity index (χ1) is 16.6. The number of rotatable bonds is 9. The molecule has 0 radical (unpaired) electrons. The molecule has 0 fully saturated rings. The van der Waals surface area contributed by atoms with E-state index in [9.17, 15) is 18.5 Å². The number of nitrogens with zero attached hydrogens (tertiary/aromatic N) is 3. The first-order valence-electron chi connectivity index (χ1n) is 10.2. The number of halogens is 1. The zero-order valence-corrected chi connectivity index (χ0v) is 21.4. The molecule has 0 aliphatic rings. The molecule has 0 saturated carbocycles. The molecule has 0 spiro atoms. The lowest BCUT2D eigenvalue weighted by Gasteiger charge is -2.12. The fourth-order valence-electron chi connectivity index (χ4n) is 2.88. The molecule has 0 bridgehead atoms. The fourth-order valence-corrected chi connectivity index (χ4v) is 4.63. The fraction of sp³-hybridized carbons (Fsp3) is 0.217. The van der Waals surface area contributed by atoms with E-state index in [2.05, 4.69) is 15.5 Å². The molecule has 0 atom stereocenters. The van der Waals surface area contributed by atoms with Crippen molar-refractivity contribution in [3.63, 3.8) is 0 Å². The maximum atomic E-state index is 12.4. The van der Waals surface area contributed by atoms with Crippen LogP contribution < -0.4 is 14.8 Å². The average molecular weight is 533 g/mol. The van der Waals surface area contributed by atoms with Gasteiger partial charge in [-0.05, 0) is 49.2 Å². The number of carbonyl (C=O) groups excluding carboxylic acids is 1. The summed E-state index contributed by atoms with van der Waals surface area (Å²) in [7, 11) is -3.55. The summed E-state index contributed by atoms with van der Waals surface area (Å²) in [5.41, 5.74) is 2.46. The van der Waals surface area contributed by atoms with E-state index in [1.807, 2.05) is 32.0 Å². The van der Waals surface area contributed by atoms with Crippen LogP contribution in [-0.2, 0) is 14.6 Å². The largest absolute Gasteiger partial charge is 0.490 e. The quantitative estimate of drug-likeness (QED) is 0.187. The SMILES string of the molecule is Cc1ccc(OCCOc2ccc(/C=C(/C#N)C(=O)Nc3nnc(S(C)(=O)=O)s3)cc2Cl)c(C)c1. The Balaban J connectivity index is 1.60. The summed E-state index contributed by atoms with van der Waals surface area (Å²) in [5.74, 6) is 0.455. The smallest absolute Gasteiger partial charge is 0.268 e. The zero-order chi connectivity index (χ0) is 25.6. The Bertz CT molecular complexity index is 1430. The summed E-state index contributed by atoms with van der Waals surface area (Å²) in [6.45, 7) is 4.59. The number of hydrogen-bond donors (Lipinski definition) is 1. The van der Waals surface area contributed by atoms with Gasteiger partial charge in [0.1, 0.15) is 36.4 Å². The molecule has 0 unspecified atom stereocenters. The van der Waals surface area contributed by atoms with Gasteiger partial charge in [0.05, 0.1) is 5.02 Å². The Hall–Kier alpha value is -3.46. The van der Waals surface area contributed by atoms with Gasteiger partial charge in [-0.3, -0.25) is 10.1 Å². The highest BCUT2D eigenvalue weighted by atomic mass is 35.5. The van der Waals surface area contributed by atoms with Crippen LogP contribution in [0.4, 0.5) is 5.13 Å². The number of ether oxygens (including phenoxy) is 2. The second-order valence-electron chi connectivity index (χ2n) is 7.42. The maximum Gasteiger partial charge on any atom is 0.268 e. The molecule has 1 heterocycles. The van der Waals surface area contributed by atoms with E-state index < -0.39 is 15.7 Å². The number of aromatic nitrogens is 2. The Morgan fingerprint density at radius 1 is 1.14 bits per heavy atom. The van der Waals surface area contributed by atoms with Crippen molar-refractivity contribution in [3.8, 4) is 17.6 Å². The molecular formula is C23H21ClN4O5S2. The lowest BCUT2D eigenvalue weighted by Crippen LogP contribution is -2.13. The van der Waals surface area contributed by atoms with Crippen molar-refractivity contribution in [2.75, 3.05) is 24.8 Å². The molecule has 1 amide bonds. The second-order valence-corrected chi connectivity index (χ2v) is 11.0. The molecule has 0 aliphatic carbocycles. The minimum atomic E-state index is -3.55. The highest BCUT2D eigenvalue weighted by Gasteiger charge is 2.17. The normalized spacial score (nSPS) is 11.6. The minimum absolute atomic E-state index is 0.0404. The van der Waals surface area contributed by atoms with Crippen LogP contribution in [0.25, 0.3) is 6.08 Å². The summed E-state index contributed by atoms with van der Waals surface area (Å²) < 4.78 is 34.2. The minimum Gasteiger partial charge on any atom is -0.490 e. The van der Waals surface area contributed by atoms with E-state index in [1.54, 1.807) is 24.3 Å². The standard InChI is InChI=1S/C23H21ClN4O5S2/c1-14-4-6-19(15(2)10-14)32-8-9-33-20-7-5-16(12-18(20)24)11-17(13-25)21(29)26-22-27-28-23(34-22)35(3,30)31/h4-7,10-12H,8-9H2,1-3H3,(H,26,27,29)/b17-11-. The van der Waals surface area contributed by atoms with Gasteiger partial charge in [0, 0.05) is 6.26 Å². The third-order valence-corrected chi connectivity index (χ3v) is 7.31. The van der Waals surface area contributed by atoms with E-state index in [1.165, 1.54) is 6.08 Å². The van der Waals surface area contributed by atoms with Crippen molar-refractivity contribution < 1.29 is 22.7 Å². The third-order valence-electron chi connectivity index (χ3n) is 4.51. The Morgan fingerprint density at radius 2 is 1.83 bits per heavy atom. The Labute approximate surface area is 211 Å². The number of nitriles is 1. The summed E-state index contributed by atoms with van der Waals surface area (Å²) in [5, 5.41) is 19.1. The van der Waals surface area contributed by atoms with Crippen LogP contribution in [0.1, 0.15) is 16.7 Å². The van der Waals surface area contributed by atoms with E-state index in [0.29, 0.717) is 34.3 Å². The Kier molecular flexibility index (Phi) is 8.45. The molecule has 2 aromatic carbocycles. The van der Waals surface area contributed by atoms with Crippen molar-refractivity contribution in [1.82, 2.24) is 10.2 Å². The summed E-state index contributed by atoms with van der Waals surface area (Å²) in [6.07, 6.45) is 2.32. The molecule has 35 heavy (non-hydrogen) atoms. The van der Waals surface area contributed by atoms with Crippen LogP contribution >= 0.6 is 22.9 Å². The third kappa shape index (κ3) is 7.26.